The number of phenolic OH excluding ortho intramolecular Hbond substituents is 1. The average molecular weight is 455 g/mol. The van der Waals surface area contributed by atoms with Gasteiger partial charge in [0.2, 0.25) is 5.91 Å². The number of fused-ring (bicyclic) bond motifs is 1. The zero-order valence-electron chi connectivity index (χ0n) is 17.7. The number of amides is 1. The molecule has 1 aliphatic heterocycles. The van der Waals surface area contributed by atoms with Gasteiger partial charge in [0.05, 0.1) is 29.9 Å². The summed E-state index contributed by atoms with van der Waals surface area (Å²) in [7, 11) is 0. The SMILES string of the molecule is O=C(CSc1nc2ccccc2c(=O)n1CCCN1CCOCC1)Nc1ccc(O)cc1. The lowest BCUT2D eigenvalue weighted by molar-refractivity contribution is -0.113. The predicted octanol–water partition coefficient (Wildman–Crippen LogP) is 2.56. The van der Waals surface area contributed by atoms with Crippen LogP contribution in [0.2, 0.25) is 0 Å². The fourth-order valence-corrected chi connectivity index (χ4v) is 4.43. The van der Waals surface area contributed by atoms with Crippen molar-refractivity contribution in [3.8, 4) is 5.75 Å². The number of hydrogen-bond donors (Lipinski definition) is 2. The number of nitrogens with zero attached hydrogens (tertiary/aromatic N) is 3. The van der Waals surface area contributed by atoms with Gasteiger partial charge in [-0.25, -0.2) is 4.98 Å². The van der Waals surface area contributed by atoms with Gasteiger partial charge in [0.1, 0.15) is 5.75 Å². The standard InChI is InChI=1S/C23H26N4O4S/c28-18-8-6-17(7-9-18)24-21(29)16-32-23-25-20-5-2-1-4-19(20)22(30)27(23)11-3-10-26-12-14-31-15-13-26/h1-2,4-9,28H,3,10-16H2,(H,24,29). The Hall–Kier alpha value is -2.88. The van der Waals surface area contributed by atoms with Crippen LogP contribution < -0.4 is 10.9 Å². The highest BCUT2D eigenvalue weighted by Crippen LogP contribution is 2.19. The summed E-state index contributed by atoms with van der Waals surface area (Å²) in [6, 6.07) is 13.6. The van der Waals surface area contributed by atoms with Gasteiger partial charge < -0.3 is 15.2 Å². The van der Waals surface area contributed by atoms with Gasteiger partial charge in [0.15, 0.2) is 5.16 Å². The topological polar surface area (TPSA) is 96.7 Å². The first-order valence-electron chi connectivity index (χ1n) is 10.6. The minimum atomic E-state index is -0.206. The number of ether oxygens (including phenoxy) is 1. The molecule has 9 heteroatoms. The quantitative estimate of drug-likeness (QED) is 0.307. The number of aromatic nitrogens is 2. The second-order valence-corrected chi connectivity index (χ2v) is 8.50. The molecule has 0 unspecified atom stereocenters. The highest BCUT2D eigenvalue weighted by atomic mass is 32.2. The van der Waals surface area contributed by atoms with Gasteiger partial charge in [-0.2, -0.15) is 0 Å². The maximum absolute atomic E-state index is 13.2. The van der Waals surface area contributed by atoms with Crippen molar-refractivity contribution in [1.29, 1.82) is 0 Å². The average Bonchev–Trinajstić information content (AvgIpc) is 2.81. The third-order valence-corrected chi connectivity index (χ3v) is 6.25. The number of anilines is 1. The second kappa shape index (κ2) is 10.6. The summed E-state index contributed by atoms with van der Waals surface area (Å²) < 4.78 is 7.07. The van der Waals surface area contributed by atoms with Crippen molar-refractivity contribution in [1.82, 2.24) is 14.5 Å². The molecule has 2 aromatic carbocycles. The van der Waals surface area contributed by atoms with Crippen molar-refractivity contribution in [3.05, 3.63) is 58.9 Å². The fraction of sp³-hybridized carbons (Fsp3) is 0.348. The Morgan fingerprint density at radius 3 is 2.62 bits per heavy atom. The fourth-order valence-electron chi connectivity index (χ4n) is 3.60. The zero-order valence-corrected chi connectivity index (χ0v) is 18.5. The highest BCUT2D eigenvalue weighted by molar-refractivity contribution is 7.99. The molecule has 1 fully saturated rings. The molecule has 3 aromatic rings. The summed E-state index contributed by atoms with van der Waals surface area (Å²) in [5.41, 5.74) is 1.14. The van der Waals surface area contributed by atoms with Crippen molar-refractivity contribution in [2.24, 2.45) is 0 Å². The Labute approximate surface area is 190 Å². The van der Waals surface area contributed by atoms with Gasteiger partial charge in [-0.05, 0) is 42.8 Å². The number of thioether (sulfide) groups is 1. The predicted molar refractivity (Wildman–Crippen MR) is 125 cm³/mol. The third-order valence-electron chi connectivity index (χ3n) is 5.27. The Balaban J connectivity index is 1.47. The molecule has 0 atom stereocenters. The van der Waals surface area contributed by atoms with Gasteiger partial charge >= 0.3 is 0 Å². The third kappa shape index (κ3) is 5.67. The van der Waals surface area contributed by atoms with Crippen molar-refractivity contribution in [3.63, 3.8) is 0 Å². The lowest BCUT2D eigenvalue weighted by atomic mass is 10.2. The van der Waals surface area contributed by atoms with Gasteiger partial charge in [-0.15, -0.1) is 0 Å². The molecule has 2 heterocycles. The molecule has 0 saturated carbocycles. The van der Waals surface area contributed by atoms with Gasteiger partial charge in [0.25, 0.3) is 5.56 Å². The molecular formula is C23H26N4O4S. The molecule has 2 N–H and O–H groups in total. The number of rotatable bonds is 8. The van der Waals surface area contributed by atoms with E-state index >= 15 is 0 Å². The van der Waals surface area contributed by atoms with E-state index in [1.54, 1.807) is 22.8 Å². The van der Waals surface area contributed by atoms with E-state index in [2.05, 4.69) is 15.2 Å². The Morgan fingerprint density at radius 1 is 1.09 bits per heavy atom. The van der Waals surface area contributed by atoms with E-state index in [0.717, 1.165) is 39.3 Å². The van der Waals surface area contributed by atoms with Crippen LogP contribution in [0, 0.1) is 0 Å². The molecule has 8 nitrogen and oxygen atoms in total. The minimum absolute atomic E-state index is 0.0842. The molecule has 0 bridgehead atoms. The van der Waals surface area contributed by atoms with Crippen LogP contribution in [0.15, 0.2) is 58.5 Å². The van der Waals surface area contributed by atoms with E-state index < -0.39 is 0 Å². The summed E-state index contributed by atoms with van der Waals surface area (Å²) in [6.07, 6.45) is 0.813. The van der Waals surface area contributed by atoms with E-state index in [0.29, 0.717) is 28.3 Å². The molecule has 1 aliphatic rings. The van der Waals surface area contributed by atoms with Crippen LogP contribution in [0.1, 0.15) is 6.42 Å². The first kappa shape index (κ1) is 22.3. The second-order valence-electron chi connectivity index (χ2n) is 7.56. The monoisotopic (exact) mass is 454 g/mol. The molecule has 0 spiro atoms. The van der Waals surface area contributed by atoms with Crippen molar-refractivity contribution < 1.29 is 14.6 Å². The summed E-state index contributed by atoms with van der Waals surface area (Å²) in [5, 5.41) is 13.3. The largest absolute Gasteiger partial charge is 0.508 e. The molecule has 168 valence electrons. The lowest BCUT2D eigenvalue weighted by Crippen LogP contribution is -2.37. The number of benzene rings is 2. The summed E-state index contributed by atoms with van der Waals surface area (Å²) in [6.45, 7) is 4.72. The van der Waals surface area contributed by atoms with Crippen LogP contribution in [-0.2, 0) is 16.1 Å². The van der Waals surface area contributed by atoms with Gasteiger partial charge in [0, 0.05) is 31.9 Å². The van der Waals surface area contributed by atoms with Crippen LogP contribution in [0.5, 0.6) is 5.75 Å². The van der Waals surface area contributed by atoms with E-state index in [4.69, 9.17) is 4.74 Å². The first-order valence-corrected chi connectivity index (χ1v) is 11.6. The number of carbonyl (C=O) groups excluding carboxylic acids is 1. The number of hydrogen-bond acceptors (Lipinski definition) is 7. The number of phenols is 1. The van der Waals surface area contributed by atoms with Crippen LogP contribution >= 0.6 is 11.8 Å². The molecule has 0 aliphatic carbocycles. The Bertz CT molecular complexity index is 1130. The summed E-state index contributed by atoms with van der Waals surface area (Å²) in [4.78, 5) is 32.6. The number of morpholine rings is 1. The number of para-hydroxylation sites is 1. The first-order chi connectivity index (χ1) is 15.6. The van der Waals surface area contributed by atoms with E-state index in [1.165, 1.54) is 23.9 Å². The summed E-state index contributed by atoms with van der Waals surface area (Å²) >= 11 is 1.25. The maximum Gasteiger partial charge on any atom is 0.262 e. The molecular weight excluding hydrogens is 428 g/mol. The molecule has 1 aromatic heterocycles. The van der Waals surface area contributed by atoms with E-state index in [1.807, 2.05) is 18.2 Å². The zero-order chi connectivity index (χ0) is 22.3. The number of nitrogens with one attached hydrogen (secondary N) is 1. The minimum Gasteiger partial charge on any atom is -0.508 e. The molecule has 0 radical (unpaired) electrons. The van der Waals surface area contributed by atoms with Crippen LogP contribution in [-0.4, -0.2) is 64.1 Å². The normalized spacial score (nSPS) is 14.5. The number of carbonyl (C=O) groups is 1. The van der Waals surface area contributed by atoms with Gasteiger partial charge in [-0.1, -0.05) is 23.9 Å². The van der Waals surface area contributed by atoms with Crippen LogP contribution in [0.4, 0.5) is 5.69 Å². The number of aromatic hydroxyl groups is 1. The lowest BCUT2D eigenvalue weighted by Gasteiger charge is -2.26. The molecule has 32 heavy (non-hydrogen) atoms. The highest BCUT2D eigenvalue weighted by Gasteiger charge is 2.15. The Kier molecular flexibility index (Phi) is 7.41. The van der Waals surface area contributed by atoms with Crippen LogP contribution in [0.25, 0.3) is 10.9 Å². The van der Waals surface area contributed by atoms with Crippen LogP contribution in [0.3, 0.4) is 0 Å². The van der Waals surface area contributed by atoms with Crippen molar-refractivity contribution >= 4 is 34.3 Å². The molecule has 4 rings (SSSR count). The molecule has 1 amide bonds. The Morgan fingerprint density at radius 2 is 1.84 bits per heavy atom. The smallest absolute Gasteiger partial charge is 0.262 e. The molecule has 1 saturated heterocycles. The van der Waals surface area contributed by atoms with Crippen molar-refractivity contribution in [2.45, 2.75) is 18.1 Å². The van der Waals surface area contributed by atoms with Crippen molar-refractivity contribution in [2.75, 3.05) is 43.9 Å². The maximum atomic E-state index is 13.2. The van der Waals surface area contributed by atoms with E-state index in [9.17, 15) is 14.7 Å². The van der Waals surface area contributed by atoms with Gasteiger partial charge in [-0.3, -0.25) is 19.1 Å². The van der Waals surface area contributed by atoms with E-state index in [-0.39, 0.29) is 23.0 Å². The summed E-state index contributed by atoms with van der Waals surface area (Å²) in [5.74, 6) is 0.0524.